The summed E-state index contributed by atoms with van der Waals surface area (Å²) in [6.45, 7) is 0.406. The molecular formula is C27H30N2O6. The Morgan fingerprint density at radius 1 is 1.09 bits per heavy atom. The van der Waals surface area contributed by atoms with Gasteiger partial charge in [0.15, 0.2) is 5.60 Å². The maximum Gasteiger partial charge on any atom is 0.407 e. The maximum absolute atomic E-state index is 13.3. The third-order valence-corrected chi connectivity index (χ3v) is 7.83. The van der Waals surface area contributed by atoms with Gasteiger partial charge in [-0.1, -0.05) is 55.0 Å². The molecule has 35 heavy (non-hydrogen) atoms. The lowest BCUT2D eigenvalue weighted by atomic mass is 9.79. The Balaban J connectivity index is 1.26. The first-order valence-electron chi connectivity index (χ1n) is 12.1. The van der Waals surface area contributed by atoms with Gasteiger partial charge in [0, 0.05) is 26.0 Å². The predicted molar refractivity (Wildman–Crippen MR) is 128 cm³/mol. The molecule has 2 amide bonds. The second kappa shape index (κ2) is 9.34. The Hall–Kier alpha value is -3.39. The molecule has 1 saturated heterocycles. The first-order chi connectivity index (χ1) is 16.9. The van der Waals surface area contributed by atoms with Gasteiger partial charge < -0.3 is 24.8 Å². The molecule has 2 fully saturated rings. The van der Waals surface area contributed by atoms with Crippen LogP contribution in [0.15, 0.2) is 48.5 Å². The largest absolute Gasteiger partial charge is 0.479 e. The highest BCUT2D eigenvalue weighted by atomic mass is 16.5. The van der Waals surface area contributed by atoms with Gasteiger partial charge in [-0.05, 0) is 41.0 Å². The van der Waals surface area contributed by atoms with Crippen molar-refractivity contribution < 1.29 is 29.0 Å². The molecule has 2 aliphatic carbocycles. The number of likely N-dealkylation sites (tertiary alicyclic amines) is 1. The third-order valence-electron chi connectivity index (χ3n) is 7.83. The topological polar surface area (TPSA) is 105 Å². The number of hydrogen-bond donors (Lipinski definition) is 2. The number of carboxylic acid groups (broad SMARTS) is 1. The number of nitrogens with zero attached hydrogens (tertiary/aromatic N) is 1. The average molecular weight is 479 g/mol. The number of alkyl carbamates (subject to hydrolysis) is 1. The van der Waals surface area contributed by atoms with Gasteiger partial charge in [-0.3, -0.25) is 4.79 Å². The molecule has 8 heteroatoms. The molecule has 5 rings (SSSR count). The highest BCUT2D eigenvalue weighted by molar-refractivity contribution is 5.88. The van der Waals surface area contributed by atoms with Crippen LogP contribution in [0.1, 0.15) is 42.7 Å². The van der Waals surface area contributed by atoms with E-state index in [1.165, 1.54) is 12.0 Å². The average Bonchev–Trinajstić information content (AvgIpc) is 3.42. The number of hydrogen-bond acceptors (Lipinski definition) is 5. The van der Waals surface area contributed by atoms with E-state index in [-0.39, 0.29) is 43.9 Å². The lowest BCUT2D eigenvalue weighted by Crippen LogP contribution is -2.54. The summed E-state index contributed by atoms with van der Waals surface area (Å²) in [5, 5.41) is 12.4. The van der Waals surface area contributed by atoms with Crippen LogP contribution in [0.5, 0.6) is 0 Å². The Morgan fingerprint density at radius 2 is 1.71 bits per heavy atom. The first kappa shape index (κ1) is 23.4. The molecule has 0 bridgehead atoms. The van der Waals surface area contributed by atoms with Crippen LogP contribution < -0.4 is 5.32 Å². The van der Waals surface area contributed by atoms with Crippen LogP contribution >= 0.6 is 0 Å². The van der Waals surface area contributed by atoms with Crippen molar-refractivity contribution in [1.82, 2.24) is 10.2 Å². The lowest BCUT2D eigenvalue weighted by molar-refractivity contribution is -0.161. The van der Waals surface area contributed by atoms with E-state index < -0.39 is 23.7 Å². The van der Waals surface area contributed by atoms with Crippen LogP contribution in [0.25, 0.3) is 11.1 Å². The van der Waals surface area contributed by atoms with Gasteiger partial charge in [0.25, 0.3) is 0 Å². The van der Waals surface area contributed by atoms with Crippen molar-refractivity contribution in [2.24, 2.45) is 5.92 Å². The molecule has 2 aromatic carbocycles. The van der Waals surface area contributed by atoms with Crippen molar-refractivity contribution >= 4 is 18.0 Å². The van der Waals surface area contributed by atoms with E-state index in [4.69, 9.17) is 9.47 Å². The molecule has 3 aliphatic rings. The minimum absolute atomic E-state index is 0.0188. The Kier molecular flexibility index (Phi) is 6.23. The smallest absolute Gasteiger partial charge is 0.407 e. The molecule has 8 nitrogen and oxygen atoms in total. The fourth-order valence-electron chi connectivity index (χ4n) is 5.52. The second-order valence-electron chi connectivity index (χ2n) is 9.65. The predicted octanol–water partition coefficient (Wildman–Crippen LogP) is 3.40. The normalized spacial score (nSPS) is 22.1. The van der Waals surface area contributed by atoms with E-state index in [0.29, 0.717) is 0 Å². The highest BCUT2D eigenvalue weighted by Gasteiger charge is 2.49. The van der Waals surface area contributed by atoms with Crippen molar-refractivity contribution in [3.63, 3.8) is 0 Å². The Labute approximate surface area is 204 Å². The summed E-state index contributed by atoms with van der Waals surface area (Å²) in [7, 11) is 1.35. The van der Waals surface area contributed by atoms with Crippen molar-refractivity contribution in [3.05, 3.63) is 59.7 Å². The molecule has 184 valence electrons. The number of carbonyl (C=O) groups excluding carboxylic acids is 2. The van der Waals surface area contributed by atoms with E-state index in [1.807, 2.05) is 24.3 Å². The van der Waals surface area contributed by atoms with Gasteiger partial charge in [-0.25, -0.2) is 9.59 Å². The third kappa shape index (κ3) is 4.16. The molecule has 0 spiro atoms. The summed E-state index contributed by atoms with van der Waals surface area (Å²) in [5.41, 5.74) is 3.14. The van der Waals surface area contributed by atoms with Crippen LogP contribution in [0, 0.1) is 5.92 Å². The molecule has 2 atom stereocenters. The summed E-state index contributed by atoms with van der Waals surface area (Å²) in [5.74, 6) is -1.41. The Bertz CT molecular complexity index is 1100. The zero-order chi connectivity index (χ0) is 24.6. The van der Waals surface area contributed by atoms with Gasteiger partial charge in [0.2, 0.25) is 5.91 Å². The van der Waals surface area contributed by atoms with Crippen molar-refractivity contribution in [3.8, 4) is 11.1 Å². The van der Waals surface area contributed by atoms with Crippen LogP contribution in [0.4, 0.5) is 4.79 Å². The minimum atomic E-state index is -1.40. The van der Waals surface area contributed by atoms with E-state index in [0.717, 1.165) is 41.5 Å². The number of aliphatic carboxylic acids is 1. The zero-order valence-corrected chi connectivity index (χ0v) is 19.7. The quantitative estimate of drug-likeness (QED) is 0.632. The van der Waals surface area contributed by atoms with Crippen LogP contribution in [0.3, 0.4) is 0 Å². The molecule has 2 unspecified atom stereocenters. The number of carbonyl (C=O) groups is 3. The van der Waals surface area contributed by atoms with E-state index in [2.05, 4.69) is 29.6 Å². The Morgan fingerprint density at radius 3 is 2.23 bits per heavy atom. The number of nitrogens with one attached hydrogen (secondary N) is 1. The molecular weight excluding hydrogens is 448 g/mol. The van der Waals surface area contributed by atoms with Gasteiger partial charge in [-0.15, -0.1) is 0 Å². The summed E-state index contributed by atoms with van der Waals surface area (Å²) in [6, 6.07) is 15.5. The van der Waals surface area contributed by atoms with E-state index in [9.17, 15) is 19.5 Å². The molecule has 0 radical (unpaired) electrons. The minimum Gasteiger partial charge on any atom is -0.479 e. The van der Waals surface area contributed by atoms with E-state index >= 15 is 0 Å². The summed E-state index contributed by atoms with van der Waals surface area (Å²) < 4.78 is 10.9. The molecule has 1 saturated carbocycles. The molecule has 2 aromatic rings. The van der Waals surface area contributed by atoms with Crippen molar-refractivity contribution in [1.29, 1.82) is 0 Å². The van der Waals surface area contributed by atoms with Gasteiger partial charge in [0.05, 0.1) is 6.54 Å². The van der Waals surface area contributed by atoms with Crippen LogP contribution in [0.2, 0.25) is 0 Å². The number of rotatable bonds is 7. The highest BCUT2D eigenvalue weighted by Crippen LogP contribution is 2.44. The molecule has 1 heterocycles. The van der Waals surface area contributed by atoms with Gasteiger partial charge in [-0.2, -0.15) is 0 Å². The maximum atomic E-state index is 13.3. The molecule has 2 N–H and O–H groups in total. The van der Waals surface area contributed by atoms with Crippen LogP contribution in [-0.4, -0.2) is 66.4 Å². The number of benzene rings is 2. The van der Waals surface area contributed by atoms with E-state index in [1.54, 1.807) is 0 Å². The van der Waals surface area contributed by atoms with Gasteiger partial charge >= 0.3 is 12.1 Å². The lowest BCUT2D eigenvalue weighted by Gasteiger charge is -2.35. The summed E-state index contributed by atoms with van der Waals surface area (Å²) in [6.07, 6.45) is 2.25. The molecule has 0 aromatic heterocycles. The number of carboxylic acids is 1. The van der Waals surface area contributed by atoms with Crippen molar-refractivity contribution in [2.45, 2.75) is 43.2 Å². The summed E-state index contributed by atoms with van der Waals surface area (Å²) >= 11 is 0. The molecule has 1 aliphatic heterocycles. The number of amides is 2. The second-order valence-corrected chi connectivity index (χ2v) is 9.65. The first-order valence-corrected chi connectivity index (χ1v) is 12.1. The number of fused-ring (bicyclic) bond motifs is 3. The number of methoxy groups -OCH3 is 1. The number of ether oxygens (including phenoxy) is 2. The fourth-order valence-corrected chi connectivity index (χ4v) is 5.52. The standard InChI is InChI=1S/C27H30N2O6/c1-34-27(25(31)32)13-14-29(16-27)24(30)23(17-7-6-8-17)28-26(33)35-15-22-20-11-4-2-9-18(20)19-10-3-5-12-21(19)22/h2-5,9-12,17,22-23H,6-8,13-16H2,1H3,(H,28,33)(H,31,32). The van der Waals surface area contributed by atoms with Gasteiger partial charge in [0.1, 0.15) is 12.6 Å². The van der Waals surface area contributed by atoms with Crippen LogP contribution in [-0.2, 0) is 19.1 Å². The fraction of sp³-hybridized carbons (Fsp3) is 0.444. The van der Waals surface area contributed by atoms with Crippen molar-refractivity contribution in [2.75, 3.05) is 26.8 Å². The monoisotopic (exact) mass is 478 g/mol. The zero-order valence-electron chi connectivity index (χ0n) is 19.7. The SMILES string of the molecule is COC1(C(=O)O)CCN(C(=O)C(NC(=O)OCC2c3ccccc3-c3ccccc32)C2CCC2)C1. The summed E-state index contributed by atoms with van der Waals surface area (Å²) in [4.78, 5) is 39.4.